The highest BCUT2D eigenvalue weighted by atomic mass is 79.9. The van der Waals surface area contributed by atoms with Gasteiger partial charge in [-0.2, -0.15) is 0 Å². The van der Waals surface area contributed by atoms with Crippen molar-refractivity contribution in [2.75, 3.05) is 11.9 Å². The fourth-order valence-corrected chi connectivity index (χ4v) is 5.05. The lowest BCUT2D eigenvalue weighted by molar-refractivity contribution is -0.123. The number of carbonyl (C=O) groups is 3. The molecule has 0 aliphatic carbocycles. The lowest BCUT2D eigenvalue weighted by Crippen LogP contribution is -2.27. The fourth-order valence-electron chi connectivity index (χ4n) is 3.52. The number of carbonyl (C=O) groups excluding carboxylic acids is 3. The van der Waals surface area contributed by atoms with E-state index >= 15 is 0 Å². The highest BCUT2D eigenvalue weighted by Crippen LogP contribution is 2.35. The van der Waals surface area contributed by atoms with Crippen LogP contribution >= 0.6 is 39.3 Å². The van der Waals surface area contributed by atoms with Crippen molar-refractivity contribution in [3.63, 3.8) is 0 Å². The number of halogens is 2. The molecule has 0 atom stereocenters. The monoisotopic (exact) mass is 584 g/mol. The van der Waals surface area contributed by atoms with Crippen molar-refractivity contribution in [1.82, 2.24) is 4.90 Å². The minimum Gasteiger partial charge on any atom is -0.483 e. The zero-order chi connectivity index (χ0) is 25.8. The number of hydrogen-bond donors (Lipinski definition) is 1. The van der Waals surface area contributed by atoms with Gasteiger partial charge in [-0.1, -0.05) is 53.6 Å². The molecule has 1 saturated heterocycles. The third-order valence-electron chi connectivity index (χ3n) is 5.36. The molecule has 0 radical (unpaired) electrons. The number of rotatable bonds is 7. The summed E-state index contributed by atoms with van der Waals surface area (Å²) in [4.78, 5) is 39.2. The maximum Gasteiger partial charge on any atom is 0.293 e. The summed E-state index contributed by atoms with van der Waals surface area (Å²) in [6.45, 7) is 3.89. The van der Waals surface area contributed by atoms with Crippen molar-refractivity contribution >= 4 is 68.1 Å². The lowest BCUT2D eigenvalue weighted by atomic mass is 10.1. The molecule has 0 unspecified atom stereocenters. The highest BCUT2D eigenvalue weighted by molar-refractivity contribution is 9.10. The second-order valence-electron chi connectivity index (χ2n) is 8.25. The average molecular weight is 586 g/mol. The summed E-state index contributed by atoms with van der Waals surface area (Å²) in [5, 5.41) is 3.01. The summed E-state index contributed by atoms with van der Waals surface area (Å²) in [7, 11) is 0. The van der Waals surface area contributed by atoms with Gasteiger partial charge in [0.2, 0.25) is 0 Å². The van der Waals surface area contributed by atoms with Gasteiger partial charge in [0.25, 0.3) is 17.1 Å². The van der Waals surface area contributed by atoms with Gasteiger partial charge in [-0.3, -0.25) is 19.3 Å². The van der Waals surface area contributed by atoms with Gasteiger partial charge in [-0.15, -0.1) is 0 Å². The number of aryl methyl sites for hydroxylation is 2. The van der Waals surface area contributed by atoms with Gasteiger partial charge in [-0.25, -0.2) is 0 Å². The van der Waals surface area contributed by atoms with Crippen LogP contribution in [0.5, 0.6) is 5.75 Å². The third-order valence-corrected chi connectivity index (χ3v) is 7.30. The Morgan fingerprint density at radius 1 is 1.11 bits per heavy atom. The second kappa shape index (κ2) is 11.3. The van der Waals surface area contributed by atoms with Crippen molar-refractivity contribution in [1.29, 1.82) is 0 Å². The number of anilines is 1. The molecule has 1 heterocycles. The van der Waals surface area contributed by atoms with E-state index in [-0.39, 0.29) is 30.2 Å². The molecule has 36 heavy (non-hydrogen) atoms. The standard InChI is InChI=1S/C27H22BrClN2O4S/c1-16-4-3-5-19(10-16)14-31-26(33)24(36-27(31)34)12-18-7-9-23(21(28)11-18)35-15-25(32)30-20-8-6-17(2)22(29)13-20/h3-13H,14-15H2,1-2H3,(H,30,32)/b24-12-. The molecule has 184 valence electrons. The number of imide groups is 1. The van der Waals surface area contributed by atoms with E-state index in [4.69, 9.17) is 16.3 Å². The van der Waals surface area contributed by atoms with E-state index in [1.807, 2.05) is 44.2 Å². The quantitative estimate of drug-likeness (QED) is 0.303. The normalized spacial score (nSPS) is 14.4. The Hall–Kier alpha value is -3.07. The van der Waals surface area contributed by atoms with Gasteiger partial charge in [0.1, 0.15) is 5.75 Å². The predicted molar refractivity (Wildman–Crippen MR) is 147 cm³/mol. The van der Waals surface area contributed by atoms with Crippen LogP contribution < -0.4 is 10.1 Å². The van der Waals surface area contributed by atoms with Crippen molar-refractivity contribution in [3.8, 4) is 5.75 Å². The summed E-state index contributed by atoms with van der Waals surface area (Å²) < 4.78 is 6.25. The second-order valence-corrected chi connectivity index (χ2v) is 10.5. The first kappa shape index (κ1) is 26.0. The minimum atomic E-state index is -0.326. The van der Waals surface area contributed by atoms with Gasteiger partial charge in [-0.05, 0) is 88.6 Å². The van der Waals surface area contributed by atoms with Gasteiger partial charge in [0.15, 0.2) is 6.61 Å². The molecule has 9 heteroatoms. The number of benzene rings is 3. The van der Waals surface area contributed by atoms with Crippen LogP contribution in [0.15, 0.2) is 70.0 Å². The summed E-state index contributed by atoms with van der Waals surface area (Å²) in [6.07, 6.45) is 1.67. The maximum absolute atomic E-state index is 12.9. The summed E-state index contributed by atoms with van der Waals surface area (Å²) in [5.74, 6) is -0.180. The number of amides is 3. The van der Waals surface area contributed by atoms with Crippen molar-refractivity contribution in [3.05, 3.63) is 97.3 Å². The molecule has 0 saturated carbocycles. The highest BCUT2D eigenvalue weighted by Gasteiger charge is 2.35. The molecule has 1 aliphatic rings. The Bertz CT molecular complexity index is 1390. The average Bonchev–Trinajstić information content (AvgIpc) is 3.08. The van der Waals surface area contributed by atoms with Gasteiger partial charge < -0.3 is 10.1 Å². The van der Waals surface area contributed by atoms with E-state index < -0.39 is 0 Å². The molecule has 1 N–H and O–H groups in total. The van der Waals surface area contributed by atoms with E-state index in [1.54, 1.807) is 36.4 Å². The van der Waals surface area contributed by atoms with E-state index in [9.17, 15) is 14.4 Å². The Labute approximate surface area is 226 Å². The predicted octanol–water partition coefficient (Wildman–Crippen LogP) is 6.97. The molecule has 6 nitrogen and oxygen atoms in total. The van der Waals surface area contributed by atoms with Crippen LogP contribution in [-0.4, -0.2) is 28.6 Å². The van der Waals surface area contributed by atoms with E-state index in [2.05, 4.69) is 21.2 Å². The van der Waals surface area contributed by atoms with Crippen LogP contribution in [0.4, 0.5) is 10.5 Å². The van der Waals surface area contributed by atoms with E-state index in [1.165, 1.54) is 4.90 Å². The smallest absolute Gasteiger partial charge is 0.293 e. The summed E-state index contributed by atoms with van der Waals surface area (Å²) in [6, 6.07) is 18.2. The lowest BCUT2D eigenvalue weighted by Gasteiger charge is -2.12. The molecule has 0 spiro atoms. The zero-order valence-corrected chi connectivity index (χ0v) is 22.7. The van der Waals surface area contributed by atoms with E-state index in [0.717, 1.165) is 28.5 Å². The molecule has 3 amide bonds. The van der Waals surface area contributed by atoms with Crippen molar-refractivity contribution in [2.45, 2.75) is 20.4 Å². The number of nitrogens with one attached hydrogen (secondary N) is 1. The number of ether oxygens (including phenoxy) is 1. The molecule has 1 fully saturated rings. The topological polar surface area (TPSA) is 75.7 Å². The fraction of sp³-hybridized carbons (Fsp3) is 0.148. The minimum absolute atomic E-state index is 0.193. The largest absolute Gasteiger partial charge is 0.483 e. The molecule has 0 aromatic heterocycles. The van der Waals surface area contributed by atoms with Crippen LogP contribution in [0.3, 0.4) is 0 Å². The SMILES string of the molecule is Cc1cccc(CN2C(=O)S/C(=C\c3ccc(OCC(=O)Nc4ccc(C)c(Cl)c4)c(Br)c3)C2=O)c1. The molecular formula is C27H22BrClN2O4S. The summed E-state index contributed by atoms with van der Waals surface area (Å²) >= 11 is 10.5. The van der Waals surface area contributed by atoms with Crippen molar-refractivity contribution < 1.29 is 19.1 Å². The Morgan fingerprint density at radius 2 is 1.92 bits per heavy atom. The van der Waals surface area contributed by atoms with Crippen LogP contribution in [0.1, 0.15) is 22.3 Å². The summed E-state index contributed by atoms with van der Waals surface area (Å²) in [5.41, 5.74) is 4.20. The Balaban J connectivity index is 1.38. The van der Waals surface area contributed by atoms with Gasteiger partial charge in [0.05, 0.1) is 15.9 Å². The maximum atomic E-state index is 12.9. The van der Waals surface area contributed by atoms with Crippen LogP contribution in [0.25, 0.3) is 6.08 Å². The van der Waals surface area contributed by atoms with Gasteiger partial charge >= 0.3 is 0 Å². The first-order valence-electron chi connectivity index (χ1n) is 11.0. The molecule has 4 rings (SSSR count). The Morgan fingerprint density at radius 3 is 2.64 bits per heavy atom. The van der Waals surface area contributed by atoms with Crippen LogP contribution in [-0.2, 0) is 16.1 Å². The molecule has 3 aromatic carbocycles. The third kappa shape index (κ3) is 6.37. The van der Waals surface area contributed by atoms with Crippen molar-refractivity contribution in [2.24, 2.45) is 0 Å². The first-order chi connectivity index (χ1) is 17.2. The molecule has 3 aromatic rings. The van der Waals surface area contributed by atoms with Gasteiger partial charge in [0, 0.05) is 10.7 Å². The number of nitrogens with zero attached hydrogens (tertiary/aromatic N) is 1. The number of hydrogen-bond acceptors (Lipinski definition) is 5. The first-order valence-corrected chi connectivity index (χ1v) is 13.0. The molecular weight excluding hydrogens is 564 g/mol. The molecule has 1 aliphatic heterocycles. The van der Waals surface area contributed by atoms with Crippen LogP contribution in [0, 0.1) is 13.8 Å². The van der Waals surface area contributed by atoms with E-state index in [0.29, 0.717) is 31.4 Å². The Kier molecular flexibility index (Phi) is 8.18. The van der Waals surface area contributed by atoms with Crippen LogP contribution in [0.2, 0.25) is 5.02 Å². The zero-order valence-electron chi connectivity index (χ0n) is 19.5. The number of thioether (sulfide) groups is 1. The molecule has 0 bridgehead atoms.